The average Bonchev–Trinajstić information content (AvgIpc) is 2.44. The van der Waals surface area contributed by atoms with Crippen molar-refractivity contribution in [1.82, 2.24) is 9.78 Å². The second-order valence-electron chi connectivity index (χ2n) is 3.72. The van der Waals surface area contributed by atoms with Crippen LogP contribution in [0.5, 0.6) is 0 Å². The summed E-state index contributed by atoms with van der Waals surface area (Å²) in [5, 5.41) is 14.4. The molecule has 0 saturated heterocycles. The molecule has 102 valence electrons. The Labute approximate surface area is 123 Å². The molecule has 2 aromatic rings. The number of non-ortho nitro benzene ring substituents is 1. The molecule has 1 aromatic heterocycles. The van der Waals surface area contributed by atoms with Gasteiger partial charge in [-0.25, -0.2) is 4.68 Å². The smallest absolute Gasteiger partial charge is 0.266 e. The summed E-state index contributed by atoms with van der Waals surface area (Å²) in [6.45, 7) is 0. The minimum Gasteiger partial charge on any atom is -0.266 e. The zero-order chi connectivity index (χ0) is 14.7. The molecule has 0 spiro atoms. The lowest BCUT2D eigenvalue weighted by Crippen LogP contribution is -2.18. The van der Waals surface area contributed by atoms with E-state index in [2.05, 4.69) is 5.10 Å². The Morgan fingerprint density at radius 2 is 2.10 bits per heavy atom. The third-order valence-corrected chi connectivity index (χ3v) is 3.14. The number of hydrogen-bond acceptors (Lipinski definition) is 4. The molecule has 1 aromatic carbocycles. The first-order valence-electron chi connectivity index (χ1n) is 5.34. The monoisotopic (exact) mass is 311 g/mol. The van der Waals surface area contributed by atoms with Crippen molar-refractivity contribution < 1.29 is 4.92 Å². The molecule has 0 bridgehead atoms. The van der Waals surface area contributed by atoms with Gasteiger partial charge in [0.25, 0.3) is 11.2 Å². The number of benzene rings is 1. The molecule has 20 heavy (non-hydrogen) atoms. The van der Waals surface area contributed by atoms with Crippen LogP contribution in [0.3, 0.4) is 0 Å². The lowest BCUT2D eigenvalue weighted by Gasteiger charge is -1.99. The minimum absolute atomic E-state index is 0.0402. The van der Waals surface area contributed by atoms with Gasteiger partial charge in [-0.1, -0.05) is 35.3 Å². The minimum atomic E-state index is -0.569. The number of nitrogens with zero attached hydrogens (tertiary/aromatic N) is 3. The van der Waals surface area contributed by atoms with Crippen LogP contribution in [0.2, 0.25) is 10.0 Å². The summed E-state index contributed by atoms with van der Waals surface area (Å²) in [6, 6.07) is 5.95. The lowest BCUT2D eigenvalue weighted by molar-refractivity contribution is -0.384. The fourth-order valence-electron chi connectivity index (χ4n) is 1.43. The molecule has 0 aliphatic heterocycles. The van der Waals surface area contributed by atoms with E-state index in [4.69, 9.17) is 23.2 Å². The molecule has 0 aliphatic rings. The molecule has 1 heterocycles. The number of nitro groups is 1. The highest BCUT2D eigenvalue weighted by Gasteiger charge is 2.06. The first-order valence-corrected chi connectivity index (χ1v) is 6.10. The maximum absolute atomic E-state index is 11.7. The number of rotatable bonds is 3. The molecule has 0 radical (unpaired) electrons. The number of nitro benzene ring substituents is 1. The normalized spacial score (nSPS) is 10.9. The van der Waals surface area contributed by atoms with Crippen LogP contribution in [0.4, 0.5) is 5.69 Å². The topological polar surface area (TPSA) is 78.0 Å². The van der Waals surface area contributed by atoms with Gasteiger partial charge in [0.15, 0.2) is 0 Å². The Bertz CT molecular complexity index is 756. The van der Waals surface area contributed by atoms with E-state index in [1.54, 1.807) is 12.1 Å². The van der Waals surface area contributed by atoms with Crippen LogP contribution >= 0.6 is 23.2 Å². The van der Waals surface area contributed by atoms with E-state index < -0.39 is 10.5 Å². The molecular formula is C12H7Cl2N3O3. The van der Waals surface area contributed by atoms with Gasteiger partial charge in [-0.05, 0) is 11.6 Å². The number of aromatic nitrogens is 2. The van der Waals surface area contributed by atoms with E-state index in [0.29, 0.717) is 5.56 Å². The highest BCUT2D eigenvalue weighted by Crippen LogP contribution is 2.16. The lowest BCUT2D eigenvalue weighted by atomic mass is 10.2. The molecule has 6 nitrogen and oxygen atoms in total. The van der Waals surface area contributed by atoms with Crippen molar-refractivity contribution in [3.05, 3.63) is 66.5 Å². The molecule has 0 N–H and O–H groups in total. The van der Waals surface area contributed by atoms with E-state index in [0.717, 1.165) is 4.68 Å². The van der Waals surface area contributed by atoms with Crippen molar-refractivity contribution in [2.24, 2.45) is 0 Å². The largest absolute Gasteiger partial charge is 0.291 e. The van der Waals surface area contributed by atoms with Gasteiger partial charge in [0, 0.05) is 18.3 Å². The molecular weight excluding hydrogens is 305 g/mol. The van der Waals surface area contributed by atoms with Crippen LogP contribution in [0.15, 0.2) is 35.3 Å². The fraction of sp³-hybridized carbons (Fsp3) is 0. The van der Waals surface area contributed by atoms with Crippen molar-refractivity contribution in [2.45, 2.75) is 0 Å². The van der Waals surface area contributed by atoms with Gasteiger partial charge in [0.1, 0.15) is 5.02 Å². The Morgan fingerprint density at radius 3 is 2.80 bits per heavy atom. The molecule has 8 heteroatoms. The summed E-state index contributed by atoms with van der Waals surface area (Å²) in [4.78, 5) is 21.9. The Morgan fingerprint density at radius 1 is 1.35 bits per heavy atom. The SMILES string of the molecule is O=c1c(Cl)c(Cl)cnn1/C=C/c1cccc([N+](=O)[O-])c1. The van der Waals surface area contributed by atoms with Gasteiger partial charge in [-0.3, -0.25) is 14.9 Å². The Kier molecular flexibility index (Phi) is 4.16. The van der Waals surface area contributed by atoms with E-state index in [1.807, 2.05) is 0 Å². The van der Waals surface area contributed by atoms with Crippen LogP contribution in [0.1, 0.15) is 5.56 Å². The van der Waals surface area contributed by atoms with Crippen LogP contribution in [-0.4, -0.2) is 14.7 Å². The van der Waals surface area contributed by atoms with Crippen molar-refractivity contribution in [1.29, 1.82) is 0 Å². The highest BCUT2D eigenvalue weighted by molar-refractivity contribution is 6.41. The predicted molar refractivity (Wildman–Crippen MR) is 76.8 cm³/mol. The summed E-state index contributed by atoms with van der Waals surface area (Å²) in [5.41, 5.74) is -0.0542. The molecule has 2 rings (SSSR count). The van der Waals surface area contributed by atoms with E-state index in [-0.39, 0.29) is 15.7 Å². The Balaban J connectivity index is 2.35. The fourth-order valence-corrected chi connectivity index (χ4v) is 1.69. The first kappa shape index (κ1) is 14.2. The average molecular weight is 312 g/mol. The Hall–Kier alpha value is -2.18. The molecule has 0 aliphatic carbocycles. The molecule has 0 amide bonds. The summed E-state index contributed by atoms with van der Waals surface area (Å²) in [6.07, 6.45) is 4.10. The van der Waals surface area contributed by atoms with Gasteiger partial charge < -0.3 is 0 Å². The van der Waals surface area contributed by atoms with Crippen molar-refractivity contribution >= 4 is 41.2 Å². The van der Waals surface area contributed by atoms with Crippen molar-refractivity contribution in [3.63, 3.8) is 0 Å². The highest BCUT2D eigenvalue weighted by atomic mass is 35.5. The predicted octanol–water partition coefficient (Wildman–Crippen LogP) is 3.09. The number of hydrogen-bond donors (Lipinski definition) is 0. The number of halogens is 2. The quantitative estimate of drug-likeness (QED) is 0.644. The second-order valence-corrected chi connectivity index (χ2v) is 4.51. The standard InChI is InChI=1S/C12H7Cl2N3O3/c13-10-7-15-16(12(18)11(10)14)5-4-8-2-1-3-9(6-8)17(19)20/h1-7H/b5-4+. The van der Waals surface area contributed by atoms with Crippen LogP contribution in [0, 0.1) is 10.1 Å². The van der Waals surface area contributed by atoms with Gasteiger partial charge >= 0.3 is 0 Å². The molecule has 0 unspecified atom stereocenters. The zero-order valence-electron chi connectivity index (χ0n) is 9.86. The van der Waals surface area contributed by atoms with Gasteiger partial charge in [-0.2, -0.15) is 5.10 Å². The molecule has 0 fully saturated rings. The van der Waals surface area contributed by atoms with Gasteiger partial charge in [-0.15, -0.1) is 0 Å². The second kappa shape index (κ2) is 5.85. The van der Waals surface area contributed by atoms with Gasteiger partial charge in [0.05, 0.1) is 16.1 Å². The van der Waals surface area contributed by atoms with Crippen LogP contribution in [0.25, 0.3) is 12.3 Å². The van der Waals surface area contributed by atoms with E-state index in [1.165, 1.54) is 30.6 Å². The van der Waals surface area contributed by atoms with E-state index in [9.17, 15) is 14.9 Å². The summed E-state index contributed by atoms with van der Waals surface area (Å²) in [5.74, 6) is 0. The first-order chi connectivity index (χ1) is 9.49. The molecule has 0 saturated carbocycles. The van der Waals surface area contributed by atoms with Crippen molar-refractivity contribution in [3.8, 4) is 0 Å². The maximum atomic E-state index is 11.7. The van der Waals surface area contributed by atoms with Crippen molar-refractivity contribution in [2.75, 3.05) is 0 Å². The zero-order valence-corrected chi connectivity index (χ0v) is 11.4. The van der Waals surface area contributed by atoms with Gasteiger partial charge in [0.2, 0.25) is 0 Å². The third-order valence-electron chi connectivity index (χ3n) is 2.39. The summed E-state index contributed by atoms with van der Waals surface area (Å²) in [7, 11) is 0. The van der Waals surface area contributed by atoms with E-state index >= 15 is 0 Å². The van der Waals surface area contributed by atoms with Crippen LogP contribution in [-0.2, 0) is 0 Å². The maximum Gasteiger partial charge on any atom is 0.291 e. The summed E-state index contributed by atoms with van der Waals surface area (Å²) < 4.78 is 0.993. The molecule has 0 atom stereocenters. The summed E-state index contributed by atoms with van der Waals surface area (Å²) >= 11 is 11.4. The van der Waals surface area contributed by atoms with Crippen LogP contribution < -0.4 is 5.56 Å². The third kappa shape index (κ3) is 3.04.